The van der Waals surface area contributed by atoms with E-state index in [1.807, 2.05) is 16.5 Å². The van der Waals surface area contributed by atoms with Gasteiger partial charge in [-0.2, -0.15) is 5.10 Å². The summed E-state index contributed by atoms with van der Waals surface area (Å²) < 4.78 is 2.02. The number of nitrogens with zero attached hydrogens (tertiary/aromatic N) is 3. The van der Waals surface area contributed by atoms with E-state index in [1.165, 1.54) is 19.3 Å². The van der Waals surface area contributed by atoms with Crippen LogP contribution in [0.3, 0.4) is 0 Å². The number of aromatic nitrogens is 2. The van der Waals surface area contributed by atoms with Gasteiger partial charge in [0.15, 0.2) is 0 Å². The summed E-state index contributed by atoms with van der Waals surface area (Å²) in [6, 6.07) is 1.80. The van der Waals surface area contributed by atoms with Gasteiger partial charge in [-0.15, -0.1) is 0 Å². The third kappa shape index (κ3) is 3.91. The van der Waals surface area contributed by atoms with E-state index in [4.69, 9.17) is 0 Å². The molecule has 2 atom stereocenters. The average Bonchev–Trinajstić information content (AvgIpc) is 3.31. The zero-order valence-corrected chi connectivity index (χ0v) is 19.4. The lowest BCUT2D eigenvalue weighted by atomic mass is 9.49. The van der Waals surface area contributed by atoms with E-state index in [0.717, 1.165) is 74.3 Å². The third-order valence-corrected chi connectivity index (χ3v) is 8.52. The fourth-order valence-electron chi connectivity index (χ4n) is 7.57. The Balaban J connectivity index is 1.19. The predicted molar refractivity (Wildman–Crippen MR) is 119 cm³/mol. The molecule has 2 amide bonds. The van der Waals surface area contributed by atoms with Crippen LogP contribution in [-0.4, -0.2) is 45.6 Å². The maximum atomic E-state index is 13.8. The molecule has 0 radical (unpaired) electrons. The van der Waals surface area contributed by atoms with Crippen LogP contribution in [-0.2, 0) is 16.1 Å². The van der Waals surface area contributed by atoms with Crippen molar-refractivity contribution >= 4 is 11.8 Å². The van der Waals surface area contributed by atoms with Gasteiger partial charge in [0.25, 0.3) is 0 Å². The van der Waals surface area contributed by atoms with Gasteiger partial charge in [-0.25, -0.2) is 0 Å². The van der Waals surface area contributed by atoms with Crippen molar-refractivity contribution in [2.45, 2.75) is 84.7 Å². The molecule has 2 unspecified atom stereocenters. The molecule has 1 aromatic heterocycles. The van der Waals surface area contributed by atoms with E-state index >= 15 is 0 Å². The van der Waals surface area contributed by atoms with Gasteiger partial charge in [0.1, 0.15) is 6.04 Å². The SMILES string of the molecule is Cc1cc(C)n(CC(C)CNC(=O)C2CCCN2C(=O)C23CC4CC(CC(C4)C2)C3)n1. The van der Waals surface area contributed by atoms with Gasteiger partial charge < -0.3 is 10.2 Å². The Hall–Kier alpha value is -1.85. The molecule has 1 aliphatic heterocycles. The molecule has 6 heteroatoms. The lowest BCUT2D eigenvalue weighted by Gasteiger charge is -2.56. The fourth-order valence-corrected chi connectivity index (χ4v) is 7.57. The monoisotopic (exact) mass is 426 g/mol. The first-order valence-electron chi connectivity index (χ1n) is 12.4. The van der Waals surface area contributed by atoms with Crippen LogP contribution in [0, 0.1) is 42.9 Å². The van der Waals surface area contributed by atoms with Crippen LogP contribution >= 0.6 is 0 Å². The van der Waals surface area contributed by atoms with Crippen molar-refractivity contribution in [3.05, 3.63) is 17.5 Å². The van der Waals surface area contributed by atoms with Crippen molar-refractivity contribution in [1.29, 1.82) is 0 Å². The molecule has 6 nitrogen and oxygen atoms in total. The first kappa shape index (κ1) is 21.0. The number of nitrogens with one attached hydrogen (secondary N) is 1. The molecule has 31 heavy (non-hydrogen) atoms. The second-order valence-corrected chi connectivity index (χ2v) is 11.3. The van der Waals surface area contributed by atoms with E-state index in [1.54, 1.807) is 0 Å². The molecule has 2 heterocycles. The largest absolute Gasteiger partial charge is 0.354 e. The topological polar surface area (TPSA) is 67.2 Å². The molecule has 4 aliphatic carbocycles. The van der Waals surface area contributed by atoms with E-state index in [9.17, 15) is 9.59 Å². The number of carbonyl (C=O) groups is 2. The predicted octanol–water partition coefficient (Wildman–Crippen LogP) is 3.46. The molecule has 4 bridgehead atoms. The summed E-state index contributed by atoms with van der Waals surface area (Å²) in [4.78, 5) is 28.8. The number of carbonyl (C=O) groups excluding carboxylic acids is 2. The lowest BCUT2D eigenvalue weighted by molar-refractivity contribution is -0.160. The highest BCUT2D eigenvalue weighted by Crippen LogP contribution is 2.60. The maximum absolute atomic E-state index is 13.8. The maximum Gasteiger partial charge on any atom is 0.242 e. The summed E-state index contributed by atoms with van der Waals surface area (Å²) in [5.41, 5.74) is 2.03. The fraction of sp³-hybridized carbons (Fsp3) is 0.800. The standard InChI is InChI=1S/C25H38N4O2/c1-16(15-29-18(3)7-17(2)27-29)14-26-23(30)22-5-4-6-28(22)24(31)25-11-19-8-20(12-25)10-21(9-19)13-25/h7,16,19-22H,4-6,8-15H2,1-3H3,(H,26,30). The van der Waals surface area contributed by atoms with Crippen LogP contribution in [0.15, 0.2) is 6.07 Å². The average molecular weight is 427 g/mol. The van der Waals surface area contributed by atoms with E-state index < -0.39 is 0 Å². The van der Waals surface area contributed by atoms with Crippen LogP contribution in [0.4, 0.5) is 0 Å². The van der Waals surface area contributed by atoms with Crippen LogP contribution in [0.2, 0.25) is 0 Å². The Kier molecular flexibility index (Phi) is 5.38. The minimum Gasteiger partial charge on any atom is -0.354 e. The second-order valence-electron chi connectivity index (χ2n) is 11.3. The van der Waals surface area contributed by atoms with Crippen LogP contribution < -0.4 is 5.32 Å². The molecule has 1 aromatic rings. The van der Waals surface area contributed by atoms with Gasteiger partial charge in [0.05, 0.1) is 11.1 Å². The van der Waals surface area contributed by atoms with Crippen molar-refractivity contribution < 1.29 is 9.59 Å². The summed E-state index contributed by atoms with van der Waals surface area (Å²) in [5.74, 6) is 2.88. The second kappa shape index (κ2) is 7.93. The van der Waals surface area contributed by atoms with Crippen molar-refractivity contribution in [1.82, 2.24) is 20.0 Å². The lowest BCUT2D eigenvalue weighted by Crippen LogP contribution is -2.57. The highest BCUT2D eigenvalue weighted by molar-refractivity contribution is 5.91. The third-order valence-electron chi connectivity index (χ3n) is 8.52. The number of hydrogen-bond acceptors (Lipinski definition) is 3. The highest BCUT2D eigenvalue weighted by Gasteiger charge is 2.56. The molecular weight excluding hydrogens is 388 g/mol. The van der Waals surface area contributed by atoms with Crippen LogP contribution in [0.25, 0.3) is 0 Å². The van der Waals surface area contributed by atoms with Gasteiger partial charge in [-0.1, -0.05) is 6.92 Å². The number of rotatable bonds is 6. The molecular formula is C25H38N4O2. The zero-order valence-electron chi connectivity index (χ0n) is 19.4. The minimum atomic E-state index is -0.276. The van der Waals surface area contributed by atoms with Crippen molar-refractivity contribution in [2.75, 3.05) is 13.1 Å². The molecule has 6 rings (SSSR count). The highest BCUT2D eigenvalue weighted by atomic mass is 16.2. The Morgan fingerprint density at radius 3 is 2.39 bits per heavy atom. The normalized spacial score (nSPS) is 34.9. The summed E-state index contributed by atoms with van der Waals surface area (Å²) in [6.45, 7) is 8.38. The van der Waals surface area contributed by atoms with Gasteiger partial charge in [0.2, 0.25) is 11.8 Å². The molecule has 1 N–H and O–H groups in total. The molecule has 170 valence electrons. The summed E-state index contributed by atoms with van der Waals surface area (Å²) >= 11 is 0. The summed E-state index contributed by atoms with van der Waals surface area (Å²) in [6.07, 6.45) is 8.97. The van der Waals surface area contributed by atoms with E-state index in [-0.39, 0.29) is 23.3 Å². The smallest absolute Gasteiger partial charge is 0.242 e. The Morgan fingerprint density at radius 1 is 1.16 bits per heavy atom. The number of aryl methyl sites for hydroxylation is 2. The number of likely N-dealkylation sites (tertiary alicyclic amines) is 1. The Morgan fingerprint density at radius 2 is 1.81 bits per heavy atom. The molecule has 5 aliphatic rings. The van der Waals surface area contributed by atoms with Crippen LogP contribution in [0.1, 0.15) is 69.7 Å². The van der Waals surface area contributed by atoms with E-state index in [0.29, 0.717) is 12.5 Å². The molecule has 0 aromatic carbocycles. The summed E-state index contributed by atoms with van der Waals surface area (Å²) in [5, 5.41) is 7.69. The van der Waals surface area contributed by atoms with Gasteiger partial charge >= 0.3 is 0 Å². The molecule has 1 saturated heterocycles. The van der Waals surface area contributed by atoms with Crippen molar-refractivity contribution in [3.8, 4) is 0 Å². The van der Waals surface area contributed by atoms with Crippen molar-refractivity contribution in [3.63, 3.8) is 0 Å². The summed E-state index contributed by atoms with van der Waals surface area (Å²) in [7, 11) is 0. The van der Waals surface area contributed by atoms with Gasteiger partial charge in [-0.05, 0) is 95.0 Å². The molecule has 5 fully saturated rings. The molecule has 0 spiro atoms. The van der Waals surface area contributed by atoms with Gasteiger partial charge in [-0.3, -0.25) is 14.3 Å². The Bertz CT molecular complexity index is 824. The Labute approximate surface area is 186 Å². The first-order chi connectivity index (χ1) is 14.8. The molecule has 4 saturated carbocycles. The van der Waals surface area contributed by atoms with Crippen LogP contribution in [0.5, 0.6) is 0 Å². The first-order valence-corrected chi connectivity index (χ1v) is 12.4. The van der Waals surface area contributed by atoms with Crippen molar-refractivity contribution in [2.24, 2.45) is 29.1 Å². The number of amides is 2. The van der Waals surface area contributed by atoms with E-state index in [2.05, 4.69) is 30.3 Å². The van der Waals surface area contributed by atoms with Gasteiger partial charge in [0, 0.05) is 25.3 Å². The quantitative estimate of drug-likeness (QED) is 0.757. The minimum absolute atomic E-state index is 0.0378. The zero-order chi connectivity index (χ0) is 21.8. The number of hydrogen-bond donors (Lipinski definition) is 1.